The van der Waals surface area contributed by atoms with Gasteiger partial charge in [0.1, 0.15) is 0 Å². The molecule has 58 heavy (non-hydrogen) atoms. The average Bonchev–Trinajstić information content (AvgIpc) is 3.32. The van der Waals surface area contributed by atoms with E-state index in [0.29, 0.717) is 0 Å². The van der Waals surface area contributed by atoms with E-state index in [4.69, 9.17) is 9.05 Å². The molecule has 284 valence electrons. The number of hydrogen-bond donors (Lipinski definition) is 0. The maximum absolute atomic E-state index is 14.9. The molecule has 0 radical (unpaired) electrons. The van der Waals surface area contributed by atoms with Crippen LogP contribution in [0.25, 0.3) is 0 Å². The molecule has 0 aliphatic heterocycles. The first-order valence-electron chi connectivity index (χ1n) is 19.2. The second-order valence-electron chi connectivity index (χ2n) is 13.9. The molecular formula is C52H42O4P2. The normalized spacial score (nSPS) is 13.0. The minimum atomic E-state index is -4.34. The molecule has 8 aromatic carbocycles. The van der Waals surface area contributed by atoms with Crippen LogP contribution in [-0.2, 0) is 18.6 Å². The van der Waals surface area contributed by atoms with E-state index >= 15 is 0 Å². The third-order valence-electron chi connectivity index (χ3n) is 10.9. The first kappa shape index (κ1) is 38.2. The van der Waals surface area contributed by atoms with Gasteiger partial charge in [-0.05, 0) is 0 Å². The molecule has 0 saturated heterocycles. The Morgan fingerprint density at radius 1 is 0.259 bits per heavy atom. The van der Waals surface area contributed by atoms with Gasteiger partial charge < -0.3 is 0 Å². The van der Waals surface area contributed by atoms with Crippen molar-refractivity contribution < 1.29 is 18.6 Å². The van der Waals surface area contributed by atoms with Crippen molar-refractivity contribution in [2.45, 2.75) is 0 Å². The summed E-state index contributed by atoms with van der Waals surface area (Å²) < 4.78 is 14.4. The van der Waals surface area contributed by atoms with Crippen molar-refractivity contribution >= 4 is 68.0 Å². The van der Waals surface area contributed by atoms with Crippen molar-refractivity contribution in [3.63, 3.8) is 0 Å². The van der Waals surface area contributed by atoms with Gasteiger partial charge in [-0.1, -0.05) is 0 Å². The fraction of sp³-hybridized carbons (Fsp3) is 0. The summed E-state index contributed by atoms with van der Waals surface area (Å²) in [6, 6.07) is 79.6. The second kappa shape index (κ2) is 16.0. The van der Waals surface area contributed by atoms with Crippen molar-refractivity contribution in [1.82, 2.24) is 0 Å². The third kappa shape index (κ3) is 6.01. The van der Waals surface area contributed by atoms with Crippen LogP contribution in [0.15, 0.2) is 255 Å². The molecule has 0 atom stereocenters. The van der Waals surface area contributed by atoms with Crippen molar-refractivity contribution in [1.29, 1.82) is 0 Å². The predicted molar refractivity (Wildman–Crippen MR) is 244 cm³/mol. The SMILES string of the molecule is O=C(/C=C\C(=O)OP(c1ccccc1)(c1ccccc1)(c1ccccc1)c1ccccc1)OP(c1ccccc1)(c1ccccc1)(c1ccccc1)c1ccccc1. The van der Waals surface area contributed by atoms with Gasteiger partial charge in [0.15, 0.2) is 0 Å². The Hall–Kier alpha value is -6.70. The molecule has 8 rings (SSSR count). The molecule has 0 amide bonds. The van der Waals surface area contributed by atoms with Gasteiger partial charge in [0.05, 0.1) is 0 Å². The summed E-state index contributed by atoms with van der Waals surface area (Å²) in [5.41, 5.74) is 0. The van der Waals surface area contributed by atoms with E-state index < -0.39 is 25.6 Å². The molecule has 0 saturated carbocycles. The molecule has 0 unspecified atom stereocenters. The Bertz CT molecular complexity index is 2120. The van der Waals surface area contributed by atoms with Crippen LogP contribution in [0, 0.1) is 0 Å². The number of hydrogen-bond acceptors (Lipinski definition) is 4. The van der Waals surface area contributed by atoms with Gasteiger partial charge in [-0.2, -0.15) is 0 Å². The van der Waals surface area contributed by atoms with Gasteiger partial charge in [-0.25, -0.2) is 0 Å². The third-order valence-corrected chi connectivity index (χ3v) is 22.3. The predicted octanol–water partition coefficient (Wildman–Crippen LogP) is 8.17. The Balaban J connectivity index is 1.33. The Morgan fingerprint density at radius 2 is 0.397 bits per heavy atom. The summed E-state index contributed by atoms with van der Waals surface area (Å²) in [5.74, 6) is -1.37. The molecule has 0 aliphatic carbocycles. The van der Waals surface area contributed by atoms with E-state index in [-0.39, 0.29) is 0 Å². The van der Waals surface area contributed by atoms with E-state index in [9.17, 15) is 9.59 Å². The minimum absolute atomic E-state index is 0.686. The molecule has 0 fully saturated rings. The van der Waals surface area contributed by atoms with Gasteiger partial charge in [0, 0.05) is 0 Å². The second-order valence-corrected chi connectivity index (χ2v) is 22.6. The molecule has 0 aromatic heterocycles. The summed E-state index contributed by atoms with van der Waals surface area (Å²) in [4.78, 5) is 29.8. The van der Waals surface area contributed by atoms with Crippen LogP contribution in [0.2, 0.25) is 0 Å². The zero-order valence-corrected chi connectivity index (χ0v) is 33.6. The number of benzene rings is 8. The summed E-state index contributed by atoms with van der Waals surface area (Å²) >= 11 is 0. The van der Waals surface area contributed by atoms with Crippen LogP contribution in [0.1, 0.15) is 0 Å². The number of carbonyl (C=O) groups excluding carboxylic acids is 2. The zero-order valence-electron chi connectivity index (χ0n) is 31.8. The van der Waals surface area contributed by atoms with Crippen molar-refractivity contribution in [2.75, 3.05) is 0 Å². The molecule has 0 spiro atoms. The van der Waals surface area contributed by atoms with Crippen LogP contribution in [-0.4, -0.2) is 11.9 Å². The quantitative estimate of drug-likeness (QED) is 0.0926. The van der Waals surface area contributed by atoms with Gasteiger partial charge in [0.2, 0.25) is 0 Å². The van der Waals surface area contributed by atoms with Gasteiger partial charge in [-0.15, -0.1) is 0 Å². The average molecular weight is 793 g/mol. The van der Waals surface area contributed by atoms with Crippen LogP contribution in [0.3, 0.4) is 0 Å². The number of rotatable bonds is 12. The van der Waals surface area contributed by atoms with Crippen molar-refractivity contribution in [2.24, 2.45) is 0 Å². The molecule has 6 heteroatoms. The van der Waals surface area contributed by atoms with Crippen molar-refractivity contribution in [3.8, 4) is 0 Å². The van der Waals surface area contributed by atoms with Crippen LogP contribution in [0.4, 0.5) is 0 Å². The molecule has 8 aromatic rings. The van der Waals surface area contributed by atoms with E-state index in [2.05, 4.69) is 0 Å². The van der Waals surface area contributed by atoms with Crippen LogP contribution >= 0.6 is 13.7 Å². The molecule has 0 heterocycles. The Morgan fingerprint density at radius 3 is 0.534 bits per heavy atom. The van der Waals surface area contributed by atoms with Crippen LogP contribution < -0.4 is 42.4 Å². The van der Waals surface area contributed by atoms with Gasteiger partial charge in [-0.3, -0.25) is 0 Å². The van der Waals surface area contributed by atoms with E-state index in [1.165, 1.54) is 12.2 Å². The topological polar surface area (TPSA) is 52.6 Å². The molecule has 0 aliphatic rings. The summed E-state index contributed by atoms with van der Waals surface area (Å²) in [6.07, 6.45) is 2.44. The van der Waals surface area contributed by atoms with Gasteiger partial charge in [0.25, 0.3) is 0 Å². The molecule has 0 bridgehead atoms. The number of carbonyl (C=O) groups is 2. The van der Waals surface area contributed by atoms with E-state index in [1.807, 2.05) is 243 Å². The first-order valence-corrected chi connectivity index (χ1v) is 23.5. The molecular weight excluding hydrogens is 751 g/mol. The first-order chi connectivity index (χ1) is 28.5. The zero-order chi connectivity index (χ0) is 39.8. The van der Waals surface area contributed by atoms with E-state index in [1.54, 1.807) is 0 Å². The van der Waals surface area contributed by atoms with Crippen LogP contribution in [0.5, 0.6) is 0 Å². The molecule has 4 nitrogen and oxygen atoms in total. The summed E-state index contributed by atoms with van der Waals surface area (Å²) in [7, 11) is 0. The standard InChI is InChI=1S/C52H42O4P2/c53-51(55-57(43-25-9-1-10-26-43,44-27-11-2-12-28-44,45-29-13-3-14-30-45)46-31-15-4-16-32-46)41-42-52(54)56-58(47-33-17-5-18-34-47,48-35-19-6-20-36-48,49-37-21-7-22-38-49)50-39-23-8-24-40-50/h1-42H/b42-41-. The monoisotopic (exact) mass is 792 g/mol. The fourth-order valence-corrected chi connectivity index (χ4v) is 19.7. The Kier molecular flexibility index (Phi) is 10.6. The molecule has 0 N–H and O–H groups in total. The summed E-state index contributed by atoms with van der Waals surface area (Å²) in [6.45, 7) is -8.69. The van der Waals surface area contributed by atoms with E-state index in [0.717, 1.165) is 42.4 Å². The Labute approximate surface area is 340 Å². The maximum atomic E-state index is 14.9. The summed E-state index contributed by atoms with van der Waals surface area (Å²) in [5, 5.41) is 6.72. The van der Waals surface area contributed by atoms with Gasteiger partial charge >= 0.3 is 341 Å². The van der Waals surface area contributed by atoms with Crippen molar-refractivity contribution in [3.05, 3.63) is 255 Å². The fourth-order valence-electron chi connectivity index (χ4n) is 8.47.